The second-order valence-corrected chi connectivity index (χ2v) is 7.27. The van der Waals surface area contributed by atoms with E-state index in [2.05, 4.69) is 31.5 Å². The predicted molar refractivity (Wildman–Crippen MR) is 101 cm³/mol. The van der Waals surface area contributed by atoms with E-state index in [1.165, 1.54) is 0 Å². The Bertz CT molecular complexity index is 927. The molecule has 0 fully saturated rings. The van der Waals surface area contributed by atoms with Crippen LogP contribution < -0.4 is 10.6 Å². The Kier molecular flexibility index (Phi) is 4.00. The zero-order valence-electron chi connectivity index (χ0n) is 13.8. The van der Waals surface area contributed by atoms with Crippen molar-refractivity contribution in [1.82, 2.24) is 10.3 Å². The fraction of sp³-hybridized carbons (Fsp3) is 0.263. The van der Waals surface area contributed by atoms with E-state index in [1.807, 2.05) is 24.3 Å². The maximum Gasteiger partial charge on any atom is 0.267 e. The summed E-state index contributed by atoms with van der Waals surface area (Å²) >= 11 is 3.46. The van der Waals surface area contributed by atoms with Crippen molar-refractivity contribution >= 4 is 45.1 Å². The van der Waals surface area contributed by atoms with Crippen LogP contribution in [0, 0.1) is 0 Å². The first kappa shape index (κ1) is 16.1. The van der Waals surface area contributed by atoms with E-state index in [4.69, 9.17) is 0 Å². The van der Waals surface area contributed by atoms with Gasteiger partial charge in [0, 0.05) is 28.5 Å². The van der Waals surface area contributed by atoms with Crippen LogP contribution in [0.2, 0.25) is 0 Å². The zero-order chi connectivity index (χ0) is 17.6. The van der Waals surface area contributed by atoms with E-state index < -0.39 is 0 Å². The highest BCUT2D eigenvalue weighted by atomic mass is 79.9. The minimum atomic E-state index is -0.117. The van der Waals surface area contributed by atoms with Gasteiger partial charge in [-0.25, -0.2) is 0 Å². The van der Waals surface area contributed by atoms with E-state index in [1.54, 1.807) is 7.05 Å². The number of rotatable bonds is 2. The van der Waals surface area contributed by atoms with Crippen molar-refractivity contribution < 1.29 is 9.59 Å². The van der Waals surface area contributed by atoms with Crippen molar-refractivity contribution in [3.8, 4) is 0 Å². The van der Waals surface area contributed by atoms with Crippen LogP contribution in [0.1, 0.15) is 45.7 Å². The van der Waals surface area contributed by atoms with Crippen LogP contribution >= 0.6 is 15.9 Å². The molecule has 0 saturated carbocycles. The first-order valence-corrected chi connectivity index (χ1v) is 9.16. The van der Waals surface area contributed by atoms with Gasteiger partial charge in [-0.2, -0.15) is 0 Å². The number of carbonyl (C=O) groups is 2. The number of H-pyrrole nitrogens is 1. The second kappa shape index (κ2) is 6.19. The molecule has 3 N–H and O–H groups in total. The topological polar surface area (TPSA) is 74.0 Å². The predicted octanol–water partition coefficient (Wildman–Crippen LogP) is 3.51. The number of hydrogen-bond acceptors (Lipinski definition) is 2. The number of benzene rings is 1. The van der Waals surface area contributed by atoms with Crippen molar-refractivity contribution in [3.05, 3.63) is 50.8 Å². The maximum atomic E-state index is 12.4. The third-order valence-electron chi connectivity index (χ3n) is 4.86. The molecule has 0 unspecified atom stereocenters. The normalized spacial score (nSPS) is 17.2. The van der Waals surface area contributed by atoms with E-state index in [0.29, 0.717) is 11.3 Å². The van der Waals surface area contributed by atoms with Crippen LogP contribution in [0.25, 0.3) is 11.6 Å². The first-order valence-electron chi connectivity index (χ1n) is 8.37. The summed E-state index contributed by atoms with van der Waals surface area (Å²) in [5, 5.41) is 5.59. The highest BCUT2D eigenvalue weighted by molar-refractivity contribution is 9.10. The lowest BCUT2D eigenvalue weighted by Crippen LogP contribution is -2.20. The molecule has 6 heteroatoms. The van der Waals surface area contributed by atoms with Crippen LogP contribution in [0.4, 0.5) is 5.69 Å². The van der Waals surface area contributed by atoms with Gasteiger partial charge in [-0.05, 0) is 61.1 Å². The van der Waals surface area contributed by atoms with Gasteiger partial charge in [0.1, 0.15) is 5.69 Å². The van der Waals surface area contributed by atoms with Gasteiger partial charge < -0.3 is 15.6 Å². The summed E-state index contributed by atoms with van der Waals surface area (Å²) in [4.78, 5) is 27.9. The molecule has 1 aromatic carbocycles. The van der Waals surface area contributed by atoms with Crippen molar-refractivity contribution in [3.63, 3.8) is 0 Å². The summed E-state index contributed by atoms with van der Waals surface area (Å²) in [6, 6.07) is 5.73. The Morgan fingerprint density at radius 1 is 1.24 bits per heavy atom. The van der Waals surface area contributed by atoms with Crippen molar-refractivity contribution in [1.29, 1.82) is 0 Å². The van der Waals surface area contributed by atoms with Gasteiger partial charge in [-0.1, -0.05) is 15.9 Å². The third kappa shape index (κ3) is 2.70. The van der Waals surface area contributed by atoms with Crippen LogP contribution in [0.5, 0.6) is 0 Å². The lowest BCUT2D eigenvalue weighted by atomic mass is 9.91. The standard InChI is InChI=1S/C19H18BrN3O2/c1-21-19(25)17-12-5-3-2-4-11(12)16(22-17)9-14-13-8-10(20)6-7-15(13)23-18(14)24/h6-9,22H,2-5H2,1H3,(H,21,25)(H,23,24). The second-order valence-electron chi connectivity index (χ2n) is 6.36. The molecular formula is C19H18BrN3O2. The Morgan fingerprint density at radius 2 is 2.00 bits per heavy atom. The van der Waals surface area contributed by atoms with Crippen LogP contribution in [0.15, 0.2) is 22.7 Å². The molecule has 1 aromatic heterocycles. The summed E-state index contributed by atoms with van der Waals surface area (Å²) in [6.07, 6.45) is 5.88. The number of anilines is 1. The number of aromatic amines is 1. The van der Waals surface area contributed by atoms with Crippen LogP contribution in [-0.4, -0.2) is 23.8 Å². The highest BCUT2D eigenvalue weighted by Crippen LogP contribution is 2.37. The lowest BCUT2D eigenvalue weighted by molar-refractivity contribution is -0.110. The molecule has 0 spiro atoms. The molecule has 1 aliphatic heterocycles. The molecule has 128 valence electrons. The summed E-state index contributed by atoms with van der Waals surface area (Å²) < 4.78 is 0.924. The van der Waals surface area contributed by atoms with Crippen molar-refractivity contribution in [2.75, 3.05) is 12.4 Å². The van der Waals surface area contributed by atoms with E-state index in [-0.39, 0.29) is 11.8 Å². The van der Waals surface area contributed by atoms with Gasteiger partial charge in [-0.3, -0.25) is 9.59 Å². The van der Waals surface area contributed by atoms with Gasteiger partial charge in [0.15, 0.2) is 0 Å². The molecule has 5 nitrogen and oxygen atoms in total. The van der Waals surface area contributed by atoms with E-state index >= 15 is 0 Å². The molecule has 0 radical (unpaired) electrons. The molecule has 2 aliphatic rings. The number of carbonyl (C=O) groups excluding carboxylic acids is 2. The van der Waals surface area contributed by atoms with E-state index in [9.17, 15) is 9.59 Å². The molecule has 2 amide bonds. The minimum absolute atomic E-state index is 0.109. The monoisotopic (exact) mass is 399 g/mol. The van der Waals surface area contributed by atoms with Gasteiger partial charge in [0.25, 0.3) is 11.8 Å². The fourth-order valence-corrected chi connectivity index (χ4v) is 4.02. The molecule has 25 heavy (non-hydrogen) atoms. The molecule has 0 atom stereocenters. The third-order valence-corrected chi connectivity index (χ3v) is 5.36. The Labute approximate surface area is 154 Å². The number of fused-ring (bicyclic) bond motifs is 2. The van der Waals surface area contributed by atoms with Gasteiger partial charge in [0.05, 0.1) is 5.57 Å². The van der Waals surface area contributed by atoms with Gasteiger partial charge in [0.2, 0.25) is 0 Å². The molecule has 2 aromatic rings. The molecule has 4 rings (SSSR count). The fourth-order valence-electron chi connectivity index (χ4n) is 3.65. The number of amides is 2. The Balaban J connectivity index is 1.85. The summed E-state index contributed by atoms with van der Waals surface area (Å²) in [5.74, 6) is -0.226. The minimum Gasteiger partial charge on any atom is -0.354 e. The zero-order valence-corrected chi connectivity index (χ0v) is 15.4. The number of hydrogen-bond donors (Lipinski definition) is 3. The molecule has 0 bridgehead atoms. The summed E-state index contributed by atoms with van der Waals surface area (Å²) in [6.45, 7) is 0. The van der Waals surface area contributed by atoms with E-state index in [0.717, 1.165) is 58.2 Å². The Hall–Kier alpha value is -2.34. The summed E-state index contributed by atoms with van der Waals surface area (Å²) in [5.41, 5.74) is 6.04. The quantitative estimate of drug-likeness (QED) is 0.675. The molecule has 2 heterocycles. The number of nitrogens with one attached hydrogen (secondary N) is 3. The lowest BCUT2D eigenvalue weighted by Gasteiger charge is -2.13. The average Bonchev–Trinajstić information content (AvgIpc) is 3.13. The SMILES string of the molecule is CNC(=O)c1[nH]c(C=C2C(=O)Nc3ccc(Br)cc32)c2c1CCCC2. The number of aromatic nitrogens is 1. The van der Waals surface area contributed by atoms with Crippen LogP contribution in [-0.2, 0) is 17.6 Å². The number of halogens is 1. The van der Waals surface area contributed by atoms with Crippen molar-refractivity contribution in [2.45, 2.75) is 25.7 Å². The largest absolute Gasteiger partial charge is 0.354 e. The molecule has 1 aliphatic carbocycles. The van der Waals surface area contributed by atoms with Crippen molar-refractivity contribution in [2.24, 2.45) is 0 Å². The molecule has 0 saturated heterocycles. The average molecular weight is 400 g/mol. The highest BCUT2D eigenvalue weighted by Gasteiger charge is 2.27. The van der Waals surface area contributed by atoms with Gasteiger partial charge in [-0.15, -0.1) is 0 Å². The maximum absolute atomic E-state index is 12.4. The first-order chi connectivity index (χ1) is 12.1. The Morgan fingerprint density at radius 3 is 2.76 bits per heavy atom. The smallest absolute Gasteiger partial charge is 0.267 e. The molecular weight excluding hydrogens is 382 g/mol. The van der Waals surface area contributed by atoms with Crippen LogP contribution in [0.3, 0.4) is 0 Å². The van der Waals surface area contributed by atoms with Gasteiger partial charge >= 0.3 is 0 Å². The summed E-state index contributed by atoms with van der Waals surface area (Å²) in [7, 11) is 1.63.